The number of carbonyl (C=O) groups excluding carboxylic acids is 2. The third kappa shape index (κ3) is 5.16. The number of hydrogen-bond acceptors (Lipinski definition) is 4. The summed E-state index contributed by atoms with van der Waals surface area (Å²) in [6.07, 6.45) is 1.70. The zero-order valence-electron chi connectivity index (χ0n) is 14.8. The van der Waals surface area contributed by atoms with Crippen LogP contribution in [-0.2, 0) is 9.59 Å². The fourth-order valence-corrected chi connectivity index (χ4v) is 3.99. The maximum Gasteiger partial charge on any atom is 0.238 e. The Hall–Kier alpha value is -2.28. The average molecular weight is 434 g/mol. The van der Waals surface area contributed by atoms with Crippen molar-refractivity contribution >= 4 is 63.3 Å². The summed E-state index contributed by atoms with van der Waals surface area (Å²) in [6.45, 7) is 4.01. The first-order valence-electron chi connectivity index (χ1n) is 8.45. The van der Waals surface area contributed by atoms with Crippen molar-refractivity contribution in [3.63, 3.8) is 0 Å². The Bertz CT molecular complexity index is 931. The molecule has 5 nitrogen and oxygen atoms in total. The number of nitrogens with zero attached hydrogens (tertiary/aromatic N) is 2. The Morgan fingerprint density at radius 1 is 1.25 bits per heavy atom. The number of benzene rings is 2. The van der Waals surface area contributed by atoms with Crippen LogP contribution >= 0.6 is 35.0 Å². The van der Waals surface area contributed by atoms with Gasteiger partial charge in [-0.25, -0.2) is 4.99 Å². The minimum atomic E-state index is -0.599. The van der Waals surface area contributed by atoms with Gasteiger partial charge in [-0.1, -0.05) is 47.1 Å². The first-order valence-corrected chi connectivity index (χ1v) is 10.1. The lowest BCUT2D eigenvalue weighted by Crippen LogP contribution is -2.45. The maximum atomic E-state index is 12.7. The van der Waals surface area contributed by atoms with Crippen molar-refractivity contribution in [2.24, 2.45) is 4.99 Å². The summed E-state index contributed by atoms with van der Waals surface area (Å²) in [7, 11) is 0. The summed E-state index contributed by atoms with van der Waals surface area (Å²) >= 11 is 13.1. The molecule has 1 aliphatic heterocycles. The number of rotatable bonds is 5. The smallest absolute Gasteiger partial charge is 0.238 e. The highest BCUT2D eigenvalue weighted by Crippen LogP contribution is 2.30. The number of nitrogens with one attached hydrogen (secondary N) is 1. The molecule has 0 bridgehead atoms. The minimum Gasteiger partial charge on any atom is -0.325 e. The van der Waals surface area contributed by atoms with Gasteiger partial charge in [0.15, 0.2) is 5.17 Å². The Morgan fingerprint density at radius 3 is 2.68 bits per heavy atom. The summed E-state index contributed by atoms with van der Waals surface area (Å²) in [5, 5.41) is 3.77. The van der Waals surface area contributed by atoms with Crippen LogP contribution in [0.1, 0.15) is 6.42 Å². The predicted octanol–water partition coefficient (Wildman–Crippen LogP) is 5.14. The monoisotopic (exact) mass is 433 g/mol. The number of amides is 2. The molecule has 1 atom stereocenters. The summed E-state index contributed by atoms with van der Waals surface area (Å²) in [5.41, 5.74) is 1.22. The molecular formula is C20H17Cl2N3O2S. The van der Waals surface area contributed by atoms with E-state index in [1.54, 1.807) is 54.6 Å². The van der Waals surface area contributed by atoms with Gasteiger partial charge >= 0.3 is 0 Å². The molecule has 1 heterocycles. The molecule has 1 aliphatic rings. The van der Waals surface area contributed by atoms with Crippen LogP contribution in [0.5, 0.6) is 0 Å². The van der Waals surface area contributed by atoms with Gasteiger partial charge in [0.2, 0.25) is 11.8 Å². The summed E-state index contributed by atoms with van der Waals surface area (Å²) in [6, 6.07) is 13.8. The molecule has 0 radical (unpaired) electrons. The van der Waals surface area contributed by atoms with Crippen molar-refractivity contribution in [1.29, 1.82) is 0 Å². The third-order valence-corrected chi connectivity index (χ3v) is 5.56. The van der Waals surface area contributed by atoms with Crippen LogP contribution < -0.4 is 5.32 Å². The second-order valence-electron chi connectivity index (χ2n) is 5.97. The van der Waals surface area contributed by atoms with Crippen LogP contribution in [0.2, 0.25) is 10.0 Å². The van der Waals surface area contributed by atoms with Gasteiger partial charge in [0, 0.05) is 28.7 Å². The van der Waals surface area contributed by atoms with E-state index in [1.807, 2.05) is 0 Å². The Balaban J connectivity index is 1.82. The number of halogens is 2. The van der Waals surface area contributed by atoms with Gasteiger partial charge < -0.3 is 5.32 Å². The molecule has 1 N–H and O–H groups in total. The highest BCUT2D eigenvalue weighted by Gasteiger charge is 2.35. The van der Waals surface area contributed by atoms with Gasteiger partial charge in [-0.2, -0.15) is 0 Å². The van der Waals surface area contributed by atoms with E-state index in [1.165, 1.54) is 16.7 Å². The van der Waals surface area contributed by atoms with Crippen molar-refractivity contribution < 1.29 is 9.59 Å². The van der Waals surface area contributed by atoms with Crippen molar-refractivity contribution in [1.82, 2.24) is 4.90 Å². The van der Waals surface area contributed by atoms with E-state index in [9.17, 15) is 9.59 Å². The molecule has 3 rings (SSSR count). The second-order valence-corrected chi connectivity index (χ2v) is 8.02. The summed E-state index contributed by atoms with van der Waals surface area (Å²) in [4.78, 5) is 31.4. The average Bonchev–Trinajstić information content (AvgIpc) is 2.66. The molecule has 2 aromatic carbocycles. The van der Waals surface area contributed by atoms with Crippen LogP contribution in [0.4, 0.5) is 11.4 Å². The van der Waals surface area contributed by atoms with E-state index >= 15 is 0 Å². The van der Waals surface area contributed by atoms with Crippen LogP contribution in [0.25, 0.3) is 0 Å². The summed E-state index contributed by atoms with van der Waals surface area (Å²) in [5.74, 6) is -0.458. The first kappa shape index (κ1) is 20.5. The highest BCUT2D eigenvalue weighted by atomic mass is 35.5. The fourth-order valence-electron chi connectivity index (χ4n) is 2.56. The third-order valence-electron chi connectivity index (χ3n) is 3.89. The molecular weight excluding hydrogens is 417 g/mol. The molecule has 1 saturated heterocycles. The lowest BCUT2D eigenvalue weighted by atomic mass is 10.2. The van der Waals surface area contributed by atoms with Crippen molar-refractivity contribution in [3.8, 4) is 0 Å². The van der Waals surface area contributed by atoms with Gasteiger partial charge in [-0.15, -0.1) is 6.58 Å². The van der Waals surface area contributed by atoms with Crippen molar-refractivity contribution in [3.05, 3.63) is 71.2 Å². The summed E-state index contributed by atoms with van der Waals surface area (Å²) < 4.78 is 0. The first-order chi connectivity index (χ1) is 13.5. The number of carbonyl (C=O) groups is 2. The van der Waals surface area contributed by atoms with Crippen LogP contribution in [0.3, 0.4) is 0 Å². The molecule has 0 saturated carbocycles. The molecule has 2 amide bonds. The van der Waals surface area contributed by atoms with Crippen LogP contribution in [0, 0.1) is 0 Å². The number of thioether (sulfide) groups is 1. The SMILES string of the molecule is C=CCN1C(=O)CC(C(=O)Nc2cccc(Cl)c2)SC1=Nc1ccc(Cl)cc1. The predicted molar refractivity (Wildman–Crippen MR) is 117 cm³/mol. The van der Waals surface area contributed by atoms with Gasteiger partial charge in [-0.05, 0) is 42.5 Å². The number of aliphatic imine (C=N–C) groups is 1. The van der Waals surface area contributed by atoms with E-state index in [0.717, 1.165) is 0 Å². The molecule has 8 heteroatoms. The number of amidine groups is 1. The zero-order chi connectivity index (χ0) is 20.1. The molecule has 1 unspecified atom stereocenters. The van der Waals surface area contributed by atoms with E-state index in [-0.39, 0.29) is 18.2 Å². The normalized spacial score (nSPS) is 18.2. The molecule has 2 aromatic rings. The lowest BCUT2D eigenvalue weighted by Gasteiger charge is -2.31. The molecule has 1 fully saturated rings. The quantitative estimate of drug-likeness (QED) is 0.663. The zero-order valence-corrected chi connectivity index (χ0v) is 17.1. The molecule has 28 heavy (non-hydrogen) atoms. The Morgan fingerprint density at radius 2 is 2.00 bits per heavy atom. The molecule has 144 valence electrons. The van der Waals surface area contributed by atoms with E-state index in [0.29, 0.717) is 33.1 Å². The largest absolute Gasteiger partial charge is 0.325 e. The molecule has 0 aliphatic carbocycles. The standard InChI is InChI=1S/C20H17Cl2N3O2S/c1-2-10-25-18(26)12-17(19(27)23-16-5-3-4-14(22)11-16)28-20(25)24-15-8-6-13(21)7-9-15/h2-9,11,17H,1,10,12H2,(H,23,27). The van der Waals surface area contributed by atoms with E-state index < -0.39 is 5.25 Å². The van der Waals surface area contributed by atoms with Crippen molar-refractivity contribution in [2.75, 3.05) is 11.9 Å². The highest BCUT2D eigenvalue weighted by molar-refractivity contribution is 8.15. The Kier molecular flexibility index (Phi) is 6.78. The Labute approximate surface area is 177 Å². The van der Waals surface area contributed by atoms with Gasteiger partial charge in [0.05, 0.1) is 5.69 Å². The second kappa shape index (κ2) is 9.28. The van der Waals surface area contributed by atoms with Crippen LogP contribution in [0.15, 0.2) is 66.2 Å². The maximum absolute atomic E-state index is 12.7. The van der Waals surface area contributed by atoms with Crippen LogP contribution in [-0.4, -0.2) is 33.7 Å². The molecule has 0 spiro atoms. The van der Waals surface area contributed by atoms with Gasteiger partial charge in [0.1, 0.15) is 5.25 Å². The van der Waals surface area contributed by atoms with Gasteiger partial charge in [0.25, 0.3) is 0 Å². The molecule has 0 aromatic heterocycles. The van der Waals surface area contributed by atoms with E-state index in [2.05, 4.69) is 16.9 Å². The number of anilines is 1. The van der Waals surface area contributed by atoms with Gasteiger partial charge in [-0.3, -0.25) is 14.5 Å². The lowest BCUT2D eigenvalue weighted by molar-refractivity contribution is -0.129. The fraction of sp³-hybridized carbons (Fsp3) is 0.150. The number of hydrogen-bond donors (Lipinski definition) is 1. The topological polar surface area (TPSA) is 61.8 Å². The minimum absolute atomic E-state index is 0.0740. The van der Waals surface area contributed by atoms with E-state index in [4.69, 9.17) is 23.2 Å². The van der Waals surface area contributed by atoms with Crippen molar-refractivity contribution in [2.45, 2.75) is 11.7 Å².